The highest BCUT2D eigenvalue weighted by molar-refractivity contribution is 6.34. The Kier molecular flexibility index (Phi) is 3.69. The van der Waals surface area contributed by atoms with Gasteiger partial charge < -0.3 is 10.5 Å². The summed E-state index contributed by atoms with van der Waals surface area (Å²) in [6, 6.07) is 5.02. The van der Waals surface area contributed by atoms with Gasteiger partial charge >= 0.3 is 0 Å². The smallest absolute Gasteiger partial charge is 0.170 e. The molecule has 0 saturated carbocycles. The van der Waals surface area contributed by atoms with Gasteiger partial charge in [-0.2, -0.15) is 0 Å². The number of nitrogens with two attached hydrogens (primary N) is 1. The molecule has 0 bridgehead atoms. The molecule has 1 fully saturated rings. The van der Waals surface area contributed by atoms with Gasteiger partial charge in [0, 0.05) is 17.9 Å². The largest absolute Gasteiger partial charge is 0.399 e. The lowest BCUT2D eigenvalue weighted by atomic mass is 9.90. The quantitative estimate of drug-likeness (QED) is 0.666. The Morgan fingerprint density at radius 3 is 3.00 bits per heavy atom. The predicted octanol–water partition coefficient (Wildman–Crippen LogP) is 2.92. The van der Waals surface area contributed by atoms with E-state index in [-0.39, 0.29) is 17.8 Å². The van der Waals surface area contributed by atoms with Crippen LogP contribution in [0.4, 0.5) is 5.69 Å². The van der Waals surface area contributed by atoms with Gasteiger partial charge in [-0.3, -0.25) is 4.79 Å². The SMILES string of the molecule is CCC1OCCC1C(=O)c1ccc(N)cc1Cl. The normalized spacial score (nSPS) is 23.9. The topological polar surface area (TPSA) is 52.3 Å². The van der Waals surface area contributed by atoms with Gasteiger partial charge in [-0.15, -0.1) is 0 Å². The number of ether oxygens (including phenoxy) is 1. The Labute approximate surface area is 106 Å². The Balaban J connectivity index is 2.24. The number of hydrogen-bond acceptors (Lipinski definition) is 3. The fraction of sp³-hybridized carbons (Fsp3) is 0.462. The van der Waals surface area contributed by atoms with Gasteiger partial charge in [-0.05, 0) is 31.0 Å². The second-order valence-electron chi connectivity index (χ2n) is 4.32. The molecule has 0 spiro atoms. The first-order valence-corrected chi connectivity index (χ1v) is 6.22. The van der Waals surface area contributed by atoms with Crippen LogP contribution in [0.2, 0.25) is 5.02 Å². The van der Waals surface area contributed by atoms with Gasteiger partial charge in [-0.1, -0.05) is 18.5 Å². The zero-order valence-corrected chi connectivity index (χ0v) is 10.5. The summed E-state index contributed by atoms with van der Waals surface area (Å²) in [6.45, 7) is 2.68. The van der Waals surface area contributed by atoms with E-state index in [2.05, 4.69) is 0 Å². The molecule has 2 N–H and O–H groups in total. The number of Topliss-reactive ketones (excluding diaryl/α,β-unsaturated/α-hetero) is 1. The van der Waals surface area contributed by atoms with E-state index in [0.29, 0.717) is 22.9 Å². The minimum absolute atomic E-state index is 0.0242. The van der Waals surface area contributed by atoms with Crippen molar-refractivity contribution in [3.05, 3.63) is 28.8 Å². The average Bonchev–Trinajstić information content (AvgIpc) is 2.76. The molecule has 1 aromatic rings. The number of benzene rings is 1. The van der Waals surface area contributed by atoms with Crippen LogP contribution >= 0.6 is 11.6 Å². The van der Waals surface area contributed by atoms with Crippen LogP contribution in [-0.2, 0) is 4.74 Å². The number of rotatable bonds is 3. The molecular weight excluding hydrogens is 238 g/mol. The minimum atomic E-state index is -0.0684. The predicted molar refractivity (Wildman–Crippen MR) is 68.3 cm³/mol. The lowest BCUT2D eigenvalue weighted by Gasteiger charge is -2.16. The van der Waals surface area contributed by atoms with Crippen molar-refractivity contribution in [2.75, 3.05) is 12.3 Å². The maximum atomic E-state index is 12.3. The summed E-state index contributed by atoms with van der Waals surface area (Å²) in [5.41, 5.74) is 6.74. The molecule has 0 aromatic heterocycles. The highest BCUT2D eigenvalue weighted by Gasteiger charge is 2.33. The van der Waals surface area contributed by atoms with Crippen LogP contribution in [0.3, 0.4) is 0 Å². The first-order valence-electron chi connectivity index (χ1n) is 5.84. The van der Waals surface area contributed by atoms with Crippen molar-refractivity contribution in [3.8, 4) is 0 Å². The summed E-state index contributed by atoms with van der Waals surface area (Å²) in [7, 11) is 0. The molecule has 0 radical (unpaired) electrons. The van der Waals surface area contributed by atoms with E-state index in [4.69, 9.17) is 22.1 Å². The standard InChI is InChI=1S/C13H16ClNO2/c1-2-12-10(5-6-17-12)13(16)9-4-3-8(15)7-11(9)14/h3-4,7,10,12H,2,5-6,15H2,1H3. The molecular formula is C13H16ClNO2. The molecule has 1 aliphatic heterocycles. The Bertz CT molecular complexity index is 433. The second kappa shape index (κ2) is 5.07. The van der Waals surface area contributed by atoms with Gasteiger partial charge in [0.25, 0.3) is 0 Å². The number of hydrogen-bond donors (Lipinski definition) is 1. The fourth-order valence-electron chi connectivity index (χ4n) is 2.28. The molecule has 1 aliphatic rings. The molecule has 2 atom stereocenters. The van der Waals surface area contributed by atoms with Crippen molar-refractivity contribution < 1.29 is 9.53 Å². The Hall–Kier alpha value is -1.06. The maximum Gasteiger partial charge on any atom is 0.170 e. The minimum Gasteiger partial charge on any atom is -0.399 e. The first kappa shape index (κ1) is 12.4. The fourth-order valence-corrected chi connectivity index (χ4v) is 2.56. The van der Waals surface area contributed by atoms with Crippen LogP contribution in [0.15, 0.2) is 18.2 Å². The molecule has 1 aromatic carbocycles. The van der Waals surface area contributed by atoms with Gasteiger partial charge in [0.1, 0.15) is 0 Å². The lowest BCUT2D eigenvalue weighted by Crippen LogP contribution is -2.24. The number of anilines is 1. The van der Waals surface area contributed by atoms with Crippen molar-refractivity contribution >= 4 is 23.1 Å². The molecule has 2 rings (SSSR count). The van der Waals surface area contributed by atoms with Crippen molar-refractivity contribution in [1.82, 2.24) is 0 Å². The zero-order valence-electron chi connectivity index (χ0n) is 9.78. The van der Waals surface area contributed by atoms with E-state index >= 15 is 0 Å². The van der Waals surface area contributed by atoms with Crippen molar-refractivity contribution in [2.24, 2.45) is 5.92 Å². The van der Waals surface area contributed by atoms with Crippen LogP contribution in [0, 0.1) is 5.92 Å². The van der Waals surface area contributed by atoms with E-state index in [1.54, 1.807) is 18.2 Å². The maximum absolute atomic E-state index is 12.3. The highest BCUT2D eigenvalue weighted by atomic mass is 35.5. The van der Waals surface area contributed by atoms with Crippen LogP contribution in [0.5, 0.6) is 0 Å². The summed E-state index contributed by atoms with van der Waals surface area (Å²) in [6.07, 6.45) is 1.65. The molecule has 1 heterocycles. The van der Waals surface area contributed by atoms with Crippen LogP contribution < -0.4 is 5.73 Å². The summed E-state index contributed by atoms with van der Waals surface area (Å²) < 4.78 is 5.53. The zero-order chi connectivity index (χ0) is 12.4. The molecule has 0 aliphatic carbocycles. The van der Waals surface area contributed by atoms with E-state index in [1.807, 2.05) is 6.92 Å². The number of ketones is 1. The average molecular weight is 254 g/mol. The highest BCUT2D eigenvalue weighted by Crippen LogP contribution is 2.30. The lowest BCUT2D eigenvalue weighted by molar-refractivity contribution is 0.0689. The van der Waals surface area contributed by atoms with E-state index in [9.17, 15) is 4.79 Å². The van der Waals surface area contributed by atoms with Crippen LogP contribution in [0.25, 0.3) is 0 Å². The molecule has 4 heteroatoms. The molecule has 17 heavy (non-hydrogen) atoms. The third-order valence-electron chi connectivity index (χ3n) is 3.21. The number of halogens is 1. The van der Waals surface area contributed by atoms with E-state index < -0.39 is 0 Å². The van der Waals surface area contributed by atoms with Crippen LogP contribution in [-0.4, -0.2) is 18.5 Å². The van der Waals surface area contributed by atoms with Gasteiger partial charge in [0.2, 0.25) is 0 Å². The van der Waals surface area contributed by atoms with Crippen molar-refractivity contribution in [1.29, 1.82) is 0 Å². The number of nitrogen functional groups attached to an aromatic ring is 1. The van der Waals surface area contributed by atoms with Crippen LogP contribution in [0.1, 0.15) is 30.1 Å². The Morgan fingerprint density at radius 2 is 2.35 bits per heavy atom. The first-order chi connectivity index (χ1) is 8.13. The summed E-state index contributed by atoms with van der Waals surface area (Å²) in [5, 5.41) is 0.428. The molecule has 3 nitrogen and oxygen atoms in total. The van der Waals surface area contributed by atoms with Gasteiger partial charge in [-0.25, -0.2) is 0 Å². The van der Waals surface area contributed by atoms with Crippen molar-refractivity contribution in [3.63, 3.8) is 0 Å². The summed E-state index contributed by atoms with van der Waals surface area (Å²) in [4.78, 5) is 12.3. The monoisotopic (exact) mass is 253 g/mol. The number of carbonyl (C=O) groups is 1. The van der Waals surface area contributed by atoms with E-state index in [0.717, 1.165) is 12.8 Å². The van der Waals surface area contributed by atoms with Gasteiger partial charge in [0.05, 0.1) is 17.0 Å². The van der Waals surface area contributed by atoms with Crippen molar-refractivity contribution in [2.45, 2.75) is 25.9 Å². The summed E-state index contributed by atoms with van der Waals surface area (Å²) >= 11 is 6.05. The third-order valence-corrected chi connectivity index (χ3v) is 3.52. The Morgan fingerprint density at radius 1 is 1.59 bits per heavy atom. The summed E-state index contributed by atoms with van der Waals surface area (Å²) in [5.74, 6) is 0.000439. The van der Waals surface area contributed by atoms with Gasteiger partial charge in [0.15, 0.2) is 5.78 Å². The van der Waals surface area contributed by atoms with E-state index in [1.165, 1.54) is 0 Å². The molecule has 92 valence electrons. The molecule has 1 saturated heterocycles. The molecule has 0 amide bonds. The third kappa shape index (κ3) is 2.45. The number of carbonyl (C=O) groups excluding carboxylic acids is 1. The second-order valence-corrected chi connectivity index (χ2v) is 4.72. The molecule has 2 unspecified atom stereocenters.